The van der Waals surface area contributed by atoms with E-state index in [0.29, 0.717) is 19.5 Å². The highest BCUT2D eigenvalue weighted by atomic mass is 16.4. The van der Waals surface area contributed by atoms with E-state index in [1.165, 1.54) is 4.90 Å². The SMILES string of the molecule is CC(C)(C)N(C(=O)O)C1CNCC(O)C1. The average Bonchev–Trinajstić information content (AvgIpc) is 1.99. The Morgan fingerprint density at radius 1 is 1.40 bits per heavy atom. The third-order valence-corrected chi connectivity index (χ3v) is 2.60. The van der Waals surface area contributed by atoms with E-state index in [-0.39, 0.29) is 6.04 Å². The predicted molar refractivity (Wildman–Crippen MR) is 56.9 cm³/mol. The third kappa shape index (κ3) is 3.07. The molecule has 0 saturated carbocycles. The van der Waals surface area contributed by atoms with E-state index in [4.69, 9.17) is 5.11 Å². The van der Waals surface area contributed by atoms with Crippen LogP contribution in [0.3, 0.4) is 0 Å². The Hall–Kier alpha value is -0.810. The summed E-state index contributed by atoms with van der Waals surface area (Å²) in [5, 5.41) is 21.7. The van der Waals surface area contributed by atoms with Crippen molar-refractivity contribution >= 4 is 6.09 Å². The number of carboxylic acid groups (broad SMARTS) is 1. The maximum absolute atomic E-state index is 11.2. The molecular weight excluding hydrogens is 196 g/mol. The molecule has 1 amide bonds. The minimum atomic E-state index is -0.927. The summed E-state index contributed by atoms with van der Waals surface area (Å²) in [5.41, 5.74) is -0.435. The van der Waals surface area contributed by atoms with Gasteiger partial charge in [0.25, 0.3) is 0 Å². The summed E-state index contributed by atoms with van der Waals surface area (Å²) in [6, 6.07) is -0.147. The molecule has 2 unspecified atom stereocenters. The second kappa shape index (κ2) is 4.37. The van der Waals surface area contributed by atoms with E-state index in [9.17, 15) is 9.90 Å². The minimum absolute atomic E-state index is 0.147. The Balaban J connectivity index is 2.76. The fraction of sp³-hybridized carbons (Fsp3) is 0.900. The first-order chi connectivity index (χ1) is 6.82. The van der Waals surface area contributed by atoms with Crippen LogP contribution in [0.2, 0.25) is 0 Å². The molecule has 15 heavy (non-hydrogen) atoms. The highest BCUT2D eigenvalue weighted by Crippen LogP contribution is 2.21. The van der Waals surface area contributed by atoms with Crippen molar-refractivity contribution in [1.82, 2.24) is 10.2 Å². The Morgan fingerprint density at radius 3 is 2.40 bits per heavy atom. The summed E-state index contributed by atoms with van der Waals surface area (Å²) in [4.78, 5) is 12.6. The normalized spacial score (nSPS) is 27.5. The van der Waals surface area contributed by atoms with Crippen molar-refractivity contribution in [2.75, 3.05) is 13.1 Å². The van der Waals surface area contributed by atoms with Crippen LogP contribution < -0.4 is 5.32 Å². The van der Waals surface area contributed by atoms with E-state index in [1.54, 1.807) is 0 Å². The summed E-state index contributed by atoms with van der Waals surface area (Å²) < 4.78 is 0. The number of carbonyl (C=O) groups is 1. The zero-order valence-corrected chi connectivity index (χ0v) is 9.53. The highest BCUT2D eigenvalue weighted by Gasteiger charge is 2.35. The van der Waals surface area contributed by atoms with E-state index < -0.39 is 17.7 Å². The smallest absolute Gasteiger partial charge is 0.408 e. The lowest BCUT2D eigenvalue weighted by Crippen LogP contribution is -2.58. The van der Waals surface area contributed by atoms with Crippen LogP contribution >= 0.6 is 0 Å². The molecule has 0 spiro atoms. The first-order valence-corrected chi connectivity index (χ1v) is 5.23. The molecule has 0 bridgehead atoms. The van der Waals surface area contributed by atoms with Crippen molar-refractivity contribution in [3.63, 3.8) is 0 Å². The highest BCUT2D eigenvalue weighted by molar-refractivity contribution is 5.66. The second-order valence-electron chi connectivity index (χ2n) is 5.02. The monoisotopic (exact) mass is 216 g/mol. The molecule has 1 aliphatic rings. The van der Waals surface area contributed by atoms with Gasteiger partial charge in [0.05, 0.1) is 12.1 Å². The van der Waals surface area contributed by atoms with Crippen molar-refractivity contribution in [2.45, 2.75) is 44.9 Å². The Bertz CT molecular complexity index is 237. The van der Waals surface area contributed by atoms with Gasteiger partial charge in [0, 0.05) is 18.6 Å². The number of nitrogens with one attached hydrogen (secondary N) is 1. The Morgan fingerprint density at radius 2 is 2.00 bits per heavy atom. The number of rotatable bonds is 1. The molecule has 88 valence electrons. The topological polar surface area (TPSA) is 72.8 Å². The van der Waals surface area contributed by atoms with E-state index in [1.807, 2.05) is 20.8 Å². The quantitative estimate of drug-likeness (QED) is 0.596. The number of hydrogen-bond acceptors (Lipinski definition) is 3. The average molecular weight is 216 g/mol. The van der Waals surface area contributed by atoms with Gasteiger partial charge in [0.2, 0.25) is 0 Å². The van der Waals surface area contributed by atoms with Crippen molar-refractivity contribution in [2.24, 2.45) is 0 Å². The van der Waals surface area contributed by atoms with Crippen LogP contribution in [0.4, 0.5) is 4.79 Å². The molecule has 1 saturated heterocycles. The fourth-order valence-electron chi connectivity index (χ4n) is 2.08. The van der Waals surface area contributed by atoms with E-state index >= 15 is 0 Å². The number of amides is 1. The summed E-state index contributed by atoms with van der Waals surface area (Å²) in [7, 11) is 0. The van der Waals surface area contributed by atoms with Gasteiger partial charge < -0.3 is 15.5 Å². The van der Waals surface area contributed by atoms with Crippen LogP contribution in [0.25, 0.3) is 0 Å². The van der Waals surface area contributed by atoms with Gasteiger partial charge in [-0.05, 0) is 27.2 Å². The van der Waals surface area contributed by atoms with Gasteiger partial charge in [-0.3, -0.25) is 4.90 Å². The lowest BCUT2D eigenvalue weighted by molar-refractivity contribution is 0.0304. The first-order valence-electron chi connectivity index (χ1n) is 5.23. The van der Waals surface area contributed by atoms with Gasteiger partial charge in [-0.1, -0.05) is 0 Å². The molecule has 5 heteroatoms. The van der Waals surface area contributed by atoms with Crippen LogP contribution in [0.5, 0.6) is 0 Å². The summed E-state index contributed by atoms with van der Waals surface area (Å²) >= 11 is 0. The zero-order chi connectivity index (χ0) is 11.6. The van der Waals surface area contributed by atoms with Gasteiger partial charge in [-0.2, -0.15) is 0 Å². The van der Waals surface area contributed by atoms with Crippen molar-refractivity contribution in [3.8, 4) is 0 Å². The molecular formula is C10H20N2O3. The number of nitrogens with zero attached hydrogens (tertiary/aromatic N) is 1. The lowest BCUT2D eigenvalue weighted by atomic mass is 9.97. The minimum Gasteiger partial charge on any atom is -0.465 e. The predicted octanol–water partition coefficient (Wildman–Crippen LogP) is 0.488. The maximum Gasteiger partial charge on any atom is 0.408 e. The molecule has 5 nitrogen and oxygen atoms in total. The molecule has 0 aromatic carbocycles. The molecule has 1 heterocycles. The van der Waals surface area contributed by atoms with Crippen molar-refractivity contribution in [3.05, 3.63) is 0 Å². The van der Waals surface area contributed by atoms with Crippen LogP contribution in [0.15, 0.2) is 0 Å². The van der Waals surface area contributed by atoms with Crippen LogP contribution in [-0.2, 0) is 0 Å². The second-order valence-corrected chi connectivity index (χ2v) is 5.02. The molecule has 1 aliphatic heterocycles. The molecule has 0 aromatic heterocycles. The van der Waals surface area contributed by atoms with E-state index in [2.05, 4.69) is 5.32 Å². The standard InChI is InChI=1S/C10H20N2O3/c1-10(2,3)12(9(14)15)7-4-8(13)6-11-5-7/h7-8,11,13H,4-6H2,1-3H3,(H,14,15). The molecule has 0 radical (unpaired) electrons. The largest absolute Gasteiger partial charge is 0.465 e. The number of aliphatic hydroxyl groups excluding tert-OH is 1. The molecule has 3 N–H and O–H groups in total. The number of piperidine rings is 1. The molecule has 0 aliphatic carbocycles. The Kier molecular flexibility index (Phi) is 3.57. The number of hydrogen-bond donors (Lipinski definition) is 3. The van der Waals surface area contributed by atoms with Crippen molar-refractivity contribution < 1.29 is 15.0 Å². The summed E-state index contributed by atoms with van der Waals surface area (Å²) in [6.07, 6.45) is -0.868. The van der Waals surface area contributed by atoms with Crippen molar-refractivity contribution in [1.29, 1.82) is 0 Å². The van der Waals surface area contributed by atoms with Gasteiger partial charge in [-0.25, -0.2) is 4.79 Å². The molecule has 2 atom stereocenters. The molecule has 0 aromatic rings. The van der Waals surface area contributed by atoms with Gasteiger partial charge in [0.15, 0.2) is 0 Å². The summed E-state index contributed by atoms with van der Waals surface area (Å²) in [5.74, 6) is 0. The number of aliphatic hydroxyl groups is 1. The van der Waals surface area contributed by atoms with Gasteiger partial charge in [-0.15, -0.1) is 0 Å². The lowest BCUT2D eigenvalue weighted by Gasteiger charge is -2.42. The Labute approximate surface area is 90.1 Å². The molecule has 1 fully saturated rings. The zero-order valence-electron chi connectivity index (χ0n) is 9.53. The van der Waals surface area contributed by atoms with Crippen LogP contribution in [-0.4, -0.2) is 52.0 Å². The summed E-state index contributed by atoms with van der Waals surface area (Å²) in [6.45, 7) is 6.75. The fourth-order valence-corrected chi connectivity index (χ4v) is 2.08. The van der Waals surface area contributed by atoms with Gasteiger partial charge >= 0.3 is 6.09 Å². The van der Waals surface area contributed by atoms with Crippen LogP contribution in [0.1, 0.15) is 27.2 Å². The molecule has 1 rings (SSSR count). The van der Waals surface area contributed by atoms with Crippen LogP contribution in [0, 0.1) is 0 Å². The maximum atomic E-state index is 11.2. The number of β-amino-alcohol motifs (C(OH)–C–C–N with tert-alkyl or cyclic N) is 1. The van der Waals surface area contributed by atoms with E-state index in [0.717, 1.165) is 0 Å². The van der Waals surface area contributed by atoms with Gasteiger partial charge in [0.1, 0.15) is 0 Å². The third-order valence-electron chi connectivity index (χ3n) is 2.60. The first kappa shape index (κ1) is 12.3.